The second kappa shape index (κ2) is 5.40. The van der Waals surface area contributed by atoms with Gasteiger partial charge in [0.05, 0.1) is 11.5 Å². The van der Waals surface area contributed by atoms with Crippen LogP contribution in [0.1, 0.15) is 23.2 Å². The summed E-state index contributed by atoms with van der Waals surface area (Å²) in [6, 6.07) is 7.09. The van der Waals surface area contributed by atoms with Crippen LogP contribution in [0.4, 0.5) is 0 Å². The Hall–Kier alpha value is -0.880. The molecule has 1 aromatic carbocycles. The van der Waals surface area contributed by atoms with E-state index in [0.717, 1.165) is 4.47 Å². The molecule has 1 heterocycles. The van der Waals surface area contributed by atoms with E-state index < -0.39 is 9.84 Å². The molecule has 1 fully saturated rings. The molecule has 0 bridgehead atoms. The molecule has 2 rings (SSSR count). The number of carbonyl (C=O) groups is 1. The third-order valence-corrected chi connectivity index (χ3v) is 5.19. The van der Waals surface area contributed by atoms with Crippen LogP contribution in [0, 0.1) is 0 Å². The number of halogens is 1. The Labute approximate surface area is 115 Å². The first-order valence-corrected chi connectivity index (χ1v) is 8.34. The monoisotopic (exact) mass is 331 g/mol. The number of hydrogen-bond acceptors (Lipinski definition) is 3. The molecule has 1 aliphatic heterocycles. The van der Waals surface area contributed by atoms with Crippen molar-refractivity contribution in [3.63, 3.8) is 0 Å². The van der Waals surface area contributed by atoms with Crippen LogP contribution in [0.25, 0.3) is 0 Å². The molecule has 0 atom stereocenters. The van der Waals surface area contributed by atoms with Gasteiger partial charge >= 0.3 is 0 Å². The molecule has 18 heavy (non-hydrogen) atoms. The van der Waals surface area contributed by atoms with Crippen LogP contribution >= 0.6 is 15.9 Å². The molecule has 1 N–H and O–H groups in total. The number of amides is 1. The summed E-state index contributed by atoms with van der Waals surface area (Å²) < 4.78 is 23.4. The van der Waals surface area contributed by atoms with Gasteiger partial charge in [-0.2, -0.15) is 0 Å². The largest absolute Gasteiger partial charge is 0.349 e. The first kappa shape index (κ1) is 13.5. The lowest BCUT2D eigenvalue weighted by Gasteiger charge is -2.23. The molecule has 1 aliphatic rings. The maximum absolute atomic E-state index is 11.9. The summed E-state index contributed by atoms with van der Waals surface area (Å²) in [4.78, 5) is 11.9. The quantitative estimate of drug-likeness (QED) is 0.898. The van der Waals surface area contributed by atoms with Crippen LogP contribution in [0.5, 0.6) is 0 Å². The molecule has 0 spiro atoms. The van der Waals surface area contributed by atoms with Crippen molar-refractivity contribution in [2.75, 3.05) is 11.5 Å². The van der Waals surface area contributed by atoms with Crippen molar-refractivity contribution in [3.8, 4) is 0 Å². The number of hydrogen-bond donors (Lipinski definition) is 1. The Morgan fingerprint density at radius 3 is 2.56 bits per heavy atom. The molecule has 0 aromatic heterocycles. The average molecular weight is 332 g/mol. The molecule has 1 saturated heterocycles. The van der Waals surface area contributed by atoms with Gasteiger partial charge in [-0.05, 0) is 31.0 Å². The summed E-state index contributed by atoms with van der Waals surface area (Å²) in [5.41, 5.74) is 0.581. The molecule has 1 aromatic rings. The molecular weight excluding hydrogens is 318 g/mol. The van der Waals surface area contributed by atoms with Crippen molar-refractivity contribution in [2.45, 2.75) is 18.9 Å². The standard InChI is InChI=1S/C12H14BrNO3S/c13-10-3-1-2-9(8-10)12(15)14-11-4-6-18(16,17)7-5-11/h1-3,8,11H,4-7H2,(H,14,15). The molecule has 1 amide bonds. The van der Waals surface area contributed by atoms with Crippen molar-refractivity contribution < 1.29 is 13.2 Å². The third-order valence-electron chi connectivity index (χ3n) is 2.98. The molecule has 98 valence electrons. The highest BCUT2D eigenvalue weighted by Crippen LogP contribution is 2.15. The lowest BCUT2D eigenvalue weighted by atomic mass is 10.1. The van der Waals surface area contributed by atoms with Gasteiger partial charge in [-0.15, -0.1) is 0 Å². The van der Waals surface area contributed by atoms with Gasteiger partial charge < -0.3 is 5.32 Å². The minimum absolute atomic E-state index is 0.0417. The zero-order chi connectivity index (χ0) is 13.2. The van der Waals surface area contributed by atoms with Crippen LogP contribution in [-0.2, 0) is 9.84 Å². The second-order valence-electron chi connectivity index (χ2n) is 4.41. The summed E-state index contributed by atoms with van der Waals surface area (Å²) in [5.74, 6) is 0.174. The molecule has 0 aliphatic carbocycles. The van der Waals surface area contributed by atoms with E-state index in [1.807, 2.05) is 6.07 Å². The smallest absolute Gasteiger partial charge is 0.251 e. The van der Waals surface area contributed by atoms with Gasteiger partial charge in [0, 0.05) is 16.1 Å². The highest BCUT2D eigenvalue weighted by Gasteiger charge is 2.24. The van der Waals surface area contributed by atoms with E-state index in [-0.39, 0.29) is 23.5 Å². The zero-order valence-corrected chi connectivity index (χ0v) is 12.1. The van der Waals surface area contributed by atoms with Crippen LogP contribution in [0.3, 0.4) is 0 Å². The summed E-state index contributed by atoms with van der Waals surface area (Å²) in [6.45, 7) is 0. The molecule has 0 saturated carbocycles. The number of benzene rings is 1. The molecule has 4 nitrogen and oxygen atoms in total. The topological polar surface area (TPSA) is 63.2 Å². The molecule has 0 radical (unpaired) electrons. The fourth-order valence-corrected chi connectivity index (χ4v) is 3.82. The summed E-state index contributed by atoms with van der Waals surface area (Å²) in [5, 5.41) is 2.88. The van der Waals surface area contributed by atoms with E-state index in [2.05, 4.69) is 21.2 Å². The summed E-state index contributed by atoms with van der Waals surface area (Å²) >= 11 is 3.31. The SMILES string of the molecule is O=C(NC1CCS(=O)(=O)CC1)c1cccc(Br)c1. The van der Waals surface area contributed by atoms with E-state index in [1.165, 1.54) is 0 Å². The second-order valence-corrected chi connectivity index (χ2v) is 7.63. The first-order chi connectivity index (χ1) is 8.46. The number of sulfone groups is 1. The summed E-state index contributed by atoms with van der Waals surface area (Å²) in [6.07, 6.45) is 1.00. The van der Waals surface area contributed by atoms with E-state index in [0.29, 0.717) is 18.4 Å². The van der Waals surface area contributed by atoms with Crippen molar-refractivity contribution in [3.05, 3.63) is 34.3 Å². The predicted molar refractivity (Wildman–Crippen MR) is 73.3 cm³/mol. The van der Waals surface area contributed by atoms with Crippen molar-refractivity contribution >= 4 is 31.7 Å². The van der Waals surface area contributed by atoms with Gasteiger partial charge in [0.15, 0.2) is 0 Å². The van der Waals surface area contributed by atoms with Crippen LogP contribution < -0.4 is 5.32 Å². The normalized spacial score (nSPS) is 19.4. The van der Waals surface area contributed by atoms with Gasteiger partial charge in [0.1, 0.15) is 9.84 Å². The first-order valence-electron chi connectivity index (χ1n) is 5.73. The predicted octanol–water partition coefficient (Wildman–Crippen LogP) is 1.76. The Balaban J connectivity index is 1.97. The molecule has 0 unspecified atom stereocenters. The van der Waals surface area contributed by atoms with Crippen LogP contribution in [0.2, 0.25) is 0 Å². The fraction of sp³-hybridized carbons (Fsp3) is 0.417. The molecule has 6 heteroatoms. The number of carbonyl (C=O) groups excluding carboxylic acids is 1. The number of rotatable bonds is 2. The van der Waals surface area contributed by atoms with E-state index >= 15 is 0 Å². The number of nitrogens with one attached hydrogen (secondary N) is 1. The minimum Gasteiger partial charge on any atom is -0.349 e. The van der Waals surface area contributed by atoms with Crippen molar-refractivity contribution in [1.82, 2.24) is 5.32 Å². The van der Waals surface area contributed by atoms with Gasteiger partial charge in [-0.25, -0.2) is 8.42 Å². The third kappa shape index (κ3) is 3.55. The van der Waals surface area contributed by atoms with E-state index in [4.69, 9.17) is 0 Å². The lowest BCUT2D eigenvalue weighted by molar-refractivity contribution is 0.0934. The van der Waals surface area contributed by atoms with Crippen molar-refractivity contribution in [1.29, 1.82) is 0 Å². The Morgan fingerprint density at radius 1 is 1.28 bits per heavy atom. The molecular formula is C12H14BrNO3S. The van der Waals surface area contributed by atoms with Crippen LogP contribution in [0.15, 0.2) is 28.7 Å². The van der Waals surface area contributed by atoms with Crippen molar-refractivity contribution in [2.24, 2.45) is 0 Å². The lowest BCUT2D eigenvalue weighted by Crippen LogP contribution is -2.40. The van der Waals surface area contributed by atoms with Gasteiger partial charge in [0.25, 0.3) is 5.91 Å². The zero-order valence-electron chi connectivity index (χ0n) is 9.73. The Morgan fingerprint density at radius 2 is 1.94 bits per heavy atom. The average Bonchev–Trinajstić information content (AvgIpc) is 2.32. The van der Waals surface area contributed by atoms with E-state index in [9.17, 15) is 13.2 Å². The maximum Gasteiger partial charge on any atom is 0.251 e. The highest BCUT2D eigenvalue weighted by molar-refractivity contribution is 9.10. The van der Waals surface area contributed by atoms with Crippen LogP contribution in [-0.4, -0.2) is 31.9 Å². The summed E-state index contributed by atoms with van der Waals surface area (Å²) in [7, 11) is -2.88. The highest BCUT2D eigenvalue weighted by atomic mass is 79.9. The van der Waals surface area contributed by atoms with Gasteiger partial charge in [-0.3, -0.25) is 4.79 Å². The fourth-order valence-electron chi connectivity index (χ4n) is 1.93. The van der Waals surface area contributed by atoms with E-state index in [1.54, 1.807) is 18.2 Å². The van der Waals surface area contributed by atoms with Gasteiger partial charge in [-0.1, -0.05) is 22.0 Å². The Kier molecular flexibility index (Phi) is 4.07. The Bertz CT molecular complexity index is 542. The minimum atomic E-state index is -2.88. The maximum atomic E-state index is 11.9. The van der Waals surface area contributed by atoms with Gasteiger partial charge in [0.2, 0.25) is 0 Å².